The second-order valence-electron chi connectivity index (χ2n) is 8.27. The average molecular weight is 515 g/mol. The van der Waals surface area contributed by atoms with Gasteiger partial charge in [0.05, 0.1) is 5.02 Å². The van der Waals surface area contributed by atoms with E-state index in [1.807, 2.05) is 0 Å². The van der Waals surface area contributed by atoms with Gasteiger partial charge >= 0.3 is 0 Å². The summed E-state index contributed by atoms with van der Waals surface area (Å²) in [6.07, 6.45) is 3.25. The number of carbonyl (C=O) groups excluding carboxylic acids is 2. The monoisotopic (exact) mass is 514 g/mol. The number of rotatable bonds is 6. The Morgan fingerprint density at radius 3 is 2.46 bits per heavy atom. The summed E-state index contributed by atoms with van der Waals surface area (Å²) in [6, 6.07) is 20.7. The Labute approximate surface area is 215 Å². The molecule has 1 unspecified atom stereocenters. The molecule has 7 nitrogen and oxygen atoms in total. The van der Waals surface area contributed by atoms with Gasteiger partial charge in [0, 0.05) is 51.9 Å². The van der Waals surface area contributed by atoms with Gasteiger partial charge < -0.3 is 15.6 Å². The van der Waals surface area contributed by atoms with Crippen LogP contribution in [-0.4, -0.2) is 21.4 Å². The molecular weight excluding hydrogens is 495 g/mol. The molecule has 2 amide bonds. The maximum absolute atomic E-state index is 14.7. The Hall–Kier alpha value is -4.69. The van der Waals surface area contributed by atoms with E-state index in [0.717, 1.165) is 5.39 Å². The van der Waals surface area contributed by atoms with E-state index in [4.69, 9.17) is 11.6 Å². The van der Waals surface area contributed by atoms with Gasteiger partial charge in [-0.2, -0.15) is 0 Å². The van der Waals surface area contributed by atoms with Gasteiger partial charge in [0.25, 0.3) is 17.4 Å². The SMILES string of the molecule is O=C(NC(C(=O)Nc1ccc(-n2ccccc2=O)cc1)c1ccccc1F)c1ccc2c(Cl)c[nH]c2c1. The standard InChI is InChI=1S/C28H20ClFN4O3/c29-22-16-31-24-15-17(8-13-20(22)24)27(36)33-26(21-5-1-2-6-23(21)30)28(37)32-18-9-11-19(12-10-18)34-14-4-3-7-25(34)35/h1-16,26,31H,(H,32,37)(H,33,36). The first-order valence-corrected chi connectivity index (χ1v) is 11.7. The van der Waals surface area contributed by atoms with Crippen molar-refractivity contribution in [2.45, 2.75) is 6.04 Å². The molecule has 5 aromatic rings. The molecule has 3 aromatic carbocycles. The molecule has 5 rings (SSSR count). The summed E-state index contributed by atoms with van der Waals surface area (Å²) >= 11 is 6.11. The highest BCUT2D eigenvalue weighted by atomic mass is 35.5. The van der Waals surface area contributed by atoms with E-state index < -0.39 is 23.7 Å². The molecule has 0 fully saturated rings. The zero-order valence-corrected chi connectivity index (χ0v) is 20.0. The molecule has 2 heterocycles. The molecule has 0 radical (unpaired) electrons. The van der Waals surface area contributed by atoms with Crippen LogP contribution in [0.2, 0.25) is 5.02 Å². The highest BCUT2D eigenvalue weighted by Gasteiger charge is 2.26. The largest absolute Gasteiger partial charge is 0.360 e. The molecule has 2 aromatic heterocycles. The van der Waals surface area contributed by atoms with Gasteiger partial charge in [-0.1, -0.05) is 41.9 Å². The predicted octanol–water partition coefficient (Wildman–Crippen LogP) is 5.22. The molecule has 0 saturated carbocycles. The number of aromatic amines is 1. The van der Waals surface area contributed by atoms with Gasteiger partial charge in [-0.15, -0.1) is 0 Å². The molecule has 0 aliphatic carbocycles. The van der Waals surface area contributed by atoms with Gasteiger partial charge in [-0.25, -0.2) is 4.39 Å². The lowest BCUT2D eigenvalue weighted by Crippen LogP contribution is -2.37. The first-order valence-electron chi connectivity index (χ1n) is 11.3. The number of H-pyrrole nitrogens is 1. The van der Waals surface area contributed by atoms with E-state index in [0.29, 0.717) is 21.9 Å². The number of nitrogens with zero attached hydrogens (tertiary/aromatic N) is 1. The number of halogens is 2. The van der Waals surface area contributed by atoms with Crippen LogP contribution in [-0.2, 0) is 4.79 Å². The number of fused-ring (bicyclic) bond motifs is 1. The molecular formula is C28H20ClFN4O3. The molecule has 3 N–H and O–H groups in total. The van der Waals surface area contributed by atoms with E-state index in [2.05, 4.69) is 15.6 Å². The summed E-state index contributed by atoms with van der Waals surface area (Å²) in [5, 5.41) is 6.64. The highest BCUT2D eigenvalue weighted by Crippen LogP contribution is 2.25. The number of carbonyl (C=O) groups is 2. The van der Waals surface area contributed by atoms with E-state index in [1.165, 1.54) is 28.8 Å². The van der Waals surface area contributed by atoms with Crippen LogP contribution in [0.5, 0.6) is 0 Å². The van der Waals surface area contributed by atoms with Crippen molar-refractivity contribution >= 4 is 40.0 Å². The van der Waals surface area contributed by atoms with Crippen molar-refractivity contribution in [2.24, 2.45) is 0 Å². The zero-order valence-electron chi connectivity index (χ0n) is 19.2. The summed E-state index contributed by atoms with van der Waals surface area (Å²) in [6.45, 7) is 0. The molecule has 0 aliphatic heterocycles. The van der Waals surface area contributed by atoms with Crippen LogP contribution in [0.15, 0.2) is 102 Å². The molecule has 184 valence electrons. The summed E-state index contributed by atoms with van der Waals surface area (Å²) in [7, 11) is 0. The Bertz CT molecular complexity index is 1680. The topological polar surface area (TPSA) is 96.0 Å². The van der Waals surface area contributed by atoms with Crippen molar-refractivity contribution in [1.82, 2.24) is 14.9 Å². The van der Waals surface area contributed by atoms with E-state index in [1.54, 1.807) is 73.1 Å². The minimum atomic E-state index is -1.31. The van der Waals surface area contributed by atoms with Gasteiger partial charge in [0.15, 0.2) is 0 Å². The van der Waals surface area contributed by atoms with Crippen molar-refractivity contribution < 1.29 is 14.0 Å². The predicted molar refractivity (Wildman–Crippen MR) is 141 cm³/mol. The van der Waals surface area contributed by atoms with Gasteiger partial charge in [0.1, 0.15) is 11.9 Å². The molecule has 1 atom stereocenters. The van der Waals surface area contributed by atoms with Gasteiger partial charge in [0.2, 0.25) is 0 Å². The van der Waals surface area contributed by atoms with Crippen molar-refractivity contribution in [3.63, 3.8) is 0 Å². The lowest BCUT2D eigenvalue weighted by Gasteiger charge is -2.20. The van der Waals surface area contributed by atoms with Crippen LogP contribution in [0.25, 0.3) is 16.6 Å². The molecule has 37 heavy (non-hydrogen) atoms. The third-order valence-electron chi connectivity index (χ3n) is 5.88. The number of anilines is 1. The fourth-order valence-electron chi connectivity index (χ4n) is 4.00. The van der Waals surface area contributed by atoms with E-state index >= 15 is 0 Å². The van der Waals surface area contributed by atoms with Crippen LogP contribution in [0.4, 0.5) is 10.1 Å². The normalized spacial score (nSPS) is 11.7. The molecule has 0 bridgehead atoms. The molecule has 0 saturated heterocycles. The minimum absolute atomic E-state index is 0.0183. The minimum Gasteiger partial charge on any atom is -0.360 e. The number of nitrogens with one attached hydrogen (secondary N) is 3. The van der Waals surface area contributed by atoms with Crippen molar-refractivity contribution in [3.8, 4) is 5.69 Å². The first-order chi connectivity index (χ1) is 17.9. The van der Waals surface area contributed by atoms with Crippen LogP contribution in [0, 0.1) is 5.82 Å². The Morgan fingerprint density at radius 1 is 0.946 bits per heavy atom. The zero-order chi connectivity index (χ0) is 25.9. The number of hydrogen-bond donors (Lipinski definition) is 3. The Balaban J connectivity index is 1.40. The van der Waals surface area contributed by atoms with Crippen LogP contribution in [0.1, 0.15) is 22.0 Å². The lowest BCUT2D eigenvalue weighted by molar-refractivity contribution is -0.118. The van der Waals surface area contributed by atoms with E-state index in [9.17, 15) is 18.8 Å². The van der Waals surface area contributed by atoms with Crippen LogP contribution >= 0.6 is 11.6 Å². The third-order valence-corrected chi connectivity index (χ3v) is 6.20. The van der Waals surface area contributed by atoms with Crippen LogP contribution < -0.4 is 16.2 Å². The van der Waals surface area contributed by atoms with Crippen molar-refractivity contribution in [3.05, 3.63) is 130 Å². The van der Waals surface area contributed by atoms with Crippen molar-refractivity contribution in [1.29, 1.82) is 0 Å². The number of benzene rings is 3. The average Bonchev–Trinajstić information content (AvgIpc) is 3.28. The van der Waals surface area contributed by atoms with Gasteiger partial charge in [-0.3, -0.25) is 19.0 Å². The van der Waals surface area contributed by atoms with Crippen molar-refractivity contribution in [2.75, 3.05) is 5.32 Å². The first kappa shape index (κ1) is 24.0. The quantitative estimate of drug-likeness (QED) is 0.290. The van der Waals surface area contributed by atoms with E-state index in [-0.39, 0.29) is 16.7 Å². The lowest BCUT2D eigenvalue weighted by atomic mass is 10.0. The molecule has 0 spiro atoms. The maximum atomic E-state index is 14.7. The second-order valence-corrected chi connectivity index (χ2v) is 8.68. The fraction of sp³-hybridized carbons (Fsp3) is 0.0357. The summed E-state index contributed by atoms with van der Waals surface area (Å²) in [5.41, 5.74) is 1.78. The molecule has 9 heteroatoms. The fourth-order valence-corrected chi connectivity index (χ4v) is 4.22. The third kappa shape index (κ3) is 5.00. The number of hydrogen-bond acceptors (Lipinski definition) is 3. The maximum Gasteiger partial charge on any atom is 0.255 e. The summed E-state index contributed by atoms with van der Waals surface area (Å²) in [5.74, 6) is -1.82. The summed E-state index contributed by atoms with van der Waals surface area (Å²) < 4.78 is 16.2. The smallest absolute Gasteiger partial charge is 0.255 e. The Kier molecular flexibility index (Phi) is 6.57. The molecule has 0 aliphatic rings. The van der Waals surface area contributed by atoms with Crippen LogP contribution in [0.3, 0.4) is 0 Å². The Morgan fingerprint density at radius 2 is 1.70 bits per heavy atom. The summed E-state index contributed by atoms with van der Waals surface area (Å²) in [4.78, 5) is 41.4. The van der Waals surface area contributed by atoms with Gasteiger partial charge in [-0.05, 0) is 48.5 Å². The number of aromatic nitrogens is 2. The number of amides is 2. The highest BCUT2D eigenvalue weighted by molar-refractivity contribution is 6.35. The second kappa shape index (κ2) is 10.1. The number of pyridine rings is 1.